The fraction of sp³-hybridized carbons (Fsp3) is 0.200. The first kappa shape index (κ1) is 15.4. The quantitative estimate of drug-likeness (QED) is 0.746. The molecule has 1 N–H and O–H groups in total. The minimum absolute atomic E-state index is 0.0516. The van der Waals surface area contributed by atoms with Gasteiger partial charge in [0.2, 0.25) is 15.9 Å². The van der Waals surface area contributed by atoms with Gasteiger partial charge in [-0.2, -0.15) is 5.10 Å². The van der Waals surface area contributed by atoms with Crippen molar-refractivity contribution in [3.05, 3.63) is 54.7 Å². The van der Waals surface area contributed by atoms with Crippen molar-refractivity contribution in [2.75, 3.05) is 0 Å². The van der Waals surface area contributed by atoms with Gasteiger partial charge in [0.15, 0.2) is 0 Å². The number of aryl methyl sites for hydroxylation is 1. The van der Waals surface area contributed by atoms with E-state index in [2.05, 4.69) is 14.8 Å². The van der Waals surface area contributed by atoms with Crippen LogP contribution in [0.25, 0.3) is 11.5 Å². The number of rotatable bonds is 6. The summed E-state index contributed by atoms with van der Waals surface area (Å²) in [7, 11) is -3.62. The largest absolute Gasteiger partial charge is 0.444 e. The molecule has 3 aromatic rings. The van der Waals surface area contributed by atoms with Crippen LogP contribution in [0.15, 0.2) is 58.3 Å². The molecule has 2 heterocycles. The van der Waals surface area contributed by atoms with Gasteiger partial charge < -0.3 is 4.42 Å². The summed E-state index contributed by atoms with van der Waals surface area (Å²) in [6.45, 7) is 2.55. The Hall–Kier alpha value is -2.45. The molecule has 0 saturated carbocycles. The highest BCUT2D eigenvalue weighted by molar-refractivity contribution is 7.89. The zero-order valence-corrected chi connectivity index (χ0v) is 13.3. The number of hydrogen-bond acceptors (Lipinski definition) is 5. The molecule has 0 aliphatic heterocycles. The van der Waals surface area contributed by atoms with E-state index in [0.717, 1.165) is 5.56 Å². The summed E-state index contributed by atoms with van der Waals surface area (Å²) in [5.74, 6) is 0.457. The average molecular weight is 332 g/mol. The van der Waals surface area contributed by atoms with E-state index in [-0.39, 0.29) is 11.4 Å². The second-order valence-electron chi connectivity index (χ2n) is 4.87. The second-order valence-corrected chi connectivity index (χ2v) is 6.63. The lowest BCUT2D eigenvalue weighted by atomic mass is 10.2. The molecule has 0 amide bonds. The van der Waals surface area contributed by atoms with Crippen LogP contribution in [0.1, 0.15) is 12.6 Å². The topological polar surface area (TPSA) is 90.0 Å². The van der Waals surface area contributed by atoms with Crippen molar-refractivity contribution in [3.63, 3.8) is 0 Å². The summed E-state index contributed by atoms with van der Waals surface area (Å²) >= 11 is 0. The normalized spacial score (nSPS) is 11.7. The first-order valence-corrected chi connectivity index (χ1v) is 8.59. The van der Waals surface area contributed by atoms with Gasteiger partial charge in [-0.3, -0.25) is 4.68 Å². The van der Waals surface area contributed by atoms with E-state index in [4.69, 9.17) is 4.42 Å². The first-order valence-electron chi connectivity index (χ1n) is 7.10. The molecule has 0 atom stereocenters. The monoisotopic (exact) mass is 332 g/mol. The molecule has 3 rings (SSSR count). The smallest absolute Gasteiger partial charge is 0.244 e. The van der Waals surface area contributed by atoms with E-state index >= 15 is 0 Å². The molecular formula is C15H16N4O3S. The van der Waals surface area contributed by atoms with Crippen molar-refractivity contribution in [2.45, 2.75) is 24.9 Å². The molecule has 0 saturated heterocycles. The predicted octanol–water partition coefficient (Wildman–Crippen LogP) is 2.04. The van der Waals surface area contributed by atoms with Crippen LogP contribution in [-0.2, 0) is 23.1 Å². The predicted molar refractivity (Wildman–Crippen MR) is 83.9 cm³/mol. The highest BCUT2D eigenvalue weighted by Crippen LogP contribution is 2.18. The van der Waals surface area contributed by atoms with Crippen LogP contribution in [0.3, 0.4) is 0 Å². The van der Waals surface area contributed by atoms with Gasteiger partial charge in [0, 0.05) is 18.3 Å². The number of sulfonamides is 1. The van der Waals surface area contributed by atoms with E-state index in [1.165, 1.54) is 18.7 Å². The standard InChI is InChI=1S/C15H16N4O3S/c1-2-19-10-14(9-16-19)23(20,21)17-8-13-11-22-15(18-13)12-6-4-3-5-7-12/h3-7,9-11,17H,2,8H2,1H3. The van der Waals surface area contributed by atoms with Gasteiger partial charge in [-0.15, -0.1) is 0 Å². The summed E-state index contributed by atoms with van der Waals surface area (Å²) in [6.07, 6.45) is 4.25. The lowest BCUT2D eigenvalue weighted by Crippen LogP contribution is -2.23. The maximum absolute atomic E-state index is 12.2. The number of oxazole rings is 1. The van der Waals surface area contributed by atoms with Crippen molar-refractivity contribution < 1.29 is 12.8 Å². The van der Waals surface area contributed by atoms with Gasteiger partial charge in [-0.25, -0.2) is 18.1 Å². The number of aromatic nitrogens is 3. The summed E-state index contributed by atoms with van der Waals surface area (Å²) in [5, 5.41) is 3.96. The Labute approximate surface area is 134 Å². The molecule has 8 heteroatoms. The van der Waals surface area contributed by atoms with Gasteiger partial charge in [0.05, 0.1) is 18.4 Å². The molecule has 1 aromatic carbocycles. The maximum atomic E-state index is 12.2. The molecule has 23 heavy (non-hydrogen) atoms. The van der Waals surface area contributed by atoms with Gasteiger partial charge in [-0.05, 0) is 19.1 Å². The van der Waals surface area contributed by atoms with Crippen LogP contribution in [0, 0.1) is 0 Å². The Morgan fingerprint density at radius 2 is 2.04 bits per heavy atom. The van der Waals surface area contributed by atoms with Gasteiger partial charge in [0.25, 0.3) is 0 Å². The van der Waals surface area contributed by atoms with Crippen molar-refractivity contribution >= 4 is 10.0 Å². The highest BCUT2D eigenvalue weighted by Gasteiger charge is 2.17. The zero-order chi connectivity index (χ0) is 16.3. The van der Waals surface area contributed by atoms with Crippen molar-refractivity contribution in [1.82, 2.24) is 19.5 Å². The van der Waals surface area contributed by atoms with E-state index in [9.17, 15) is 8.42 Å². The number of benzene rings is 1. The van der Waals surface area contributed by atoms with Crippen molar-refractivity contribution in [3.8, 4) is 11.5 Å². The van der Waals surface area contributed by atoms with Crippen LogP contribution in [0.4, 0.5) is 0 Å². The van der Waals surface area contributed by atoms with E-state index < -0.39 is 10.0 Å². The van der Waals surface area contributed by atoms with Crippen LogP contribution in [0.5, 0.6) is 0 Å². The molecule has 2 aromatic heterocycles. The van der Waals surface area contributed by atoms with Crippen LogP contribution < -0.4 is 4.72 Å². The second kappa shape index (κ2) is 6.35. The van der Waals surface area contributed by atoms with Gasteiger partial charge >= 0.3 is 0 Å². The van der Waals surface area contributed by atoms with E-state index in [1.807, 2.05) is 37.3 Å². The van der Waals surface area contributed by atoms with Crippen LogP contribution in [0.2, 0.25) is 0 Å². The third-order valence-corrected chi connectivity index (χ3v) is 4.62. The Morgan fingerprint density at radius 3 is 2.74 bits per heavy atom. The highest BCUT2D eigenvalue weighted by atomic mass is 32.2. The van der Waals surface area contributed by atoms with E-state index in [0.29, 0.717) is 18.1 Å². The molecule has 0 fully saturated rings. The van der Waals surface area contributed by atoms with Crippen molar-refractivity contribution in [2.24, 2.45) is 0 Å². The molecule has 7 nitrogen and oxygen atoms in total. The SMILES string of the molecule is CCn1cc(S(=O)(=O)NCc2coc(-c3ccccc3)n2)cn1. The minimum Gasteiger partial charge on any atom is -0.444 e. The maximum Gasteiger partial charge on any atom is 0.244 e. The number of nitrogens with zero attached hydrogens (tertiary/aromatic N) is 3. The van der Waals surface area contributed by atoms with Crippen LogP contribution >= 0.6 is 0 Å². The molecule has 120 valence electrons. The molecule has 0 radical (unpaired) electrons. The average Bonchev–Trinajstić information content (AvgIpc) is 3.23. The number of nitrogens with one attached hydrogen (secondary N) is 1. The summed E-state index contributed by atoms with van der Waals surface area (Å²) < 4.78 is 33.8. The molecular weight excluding hydrogens is 316 g/mol. The minimum atomic E-state index is -3.62. The third kappa shape index (κ3) is 3.49. The summed E-state index contributed by atoms with van der Waals surface area (Å²) in [4.78, 5) is 4.41. The van der Waals surface area contributed by atoms with Crippen molar-refractivity contribution in [1.29, 1.82) is 0 Å². The van der Waals surface area contributed by atoms with Gasteiger partial charge in [-0.1, -0.05) is 18.2 Å². The molecule has 0 bridgehead atoms. The van der Waals surface area contributed by atoms with Crippen LogP contribution in [-0.4, -0.2) is 23.2 Å². The lowest BCUT2D eigenvalue weighted by molar-refractivity contribution is 0.569. The molecule has 0 aliphatic carbocycles. The first-order chi connectivity index (χ1) is 11.1. The van der Waals surface area contributed by atoms with E-state index in [1.54, 1.807) is 4.68 Å². The Morgan fingerprint density at radius 1 is 1.26 bits per heavy atom. The fourth-order valence-corrected chi connectivity index (χ4v) is 2.96. The Bertz CT molecular complexity index is 884. The molecule has 0 spiro atoms. The summed E-state index contributed by atoms with van der Waals surface area (Å²) in [6, 6.07) is 9.41. The van der Waals surface area contributed by atoms with Gasteiger partial charge in [0.1, 0.15) is 11.2 Å². The third-order valence-electron chi connectivity index (χ3n) is 3.26. The zero-order valence-electron chi connectivity index (χ0n) is 12.5. The Kier molecular flexibility index (Phi) is 4.26. The molecule has 0 aliphatic rings. The molecule has 0 unspecified atom stereocenters. The lowest BCUT2D eigenvalue weighted by Gasteiger charge is -2.01. The fourth-order valence-electron chi connectivity index (χ4n) is 2.01. The number of hydrogen-bond donors (Lipinski definition) is 1. The summed E-state index contributed by atoms with van der Waals surface area (Å²) in [5.41, 5.74) is 1.35. The Balaban J connectivity index is 1.70.